The summed E-state index contributed by atoms with van der Waals surface area (Å²) in [5.41, 5.74) is 0. The van der Waals surface area contributed by atoms with Crippen molar-refractivity contribution in [3.8, 4) is 0 Å². The van der Waals surface area contributed by atoms with E-state index in [2.05, 4.69) is 21.0 Å². The number of ether oxygens (including phenoxy) is 2. The molecule has 2 aliphatic heterocycles. The van der Waals surface area contributed by atoms with Gasteiger partial charge in [-0.25, -0.2) is 0 Å². The van der Waals surface area contributed by atoms with Crippen LogP contribution >= 0.6 is 7.82 Å². The molecule has 2 aliphatic rings. The molecular formula is C30H58NO7P. The molecule has 2 fully saturated rings. The van der Waals surface area contributed by atoms with Crippen LogP contribution in [0.5, 0.6) is 0 Å². The summed E-state index contributed by atoms with van der Waals surface area (Å²) < 4.78 is 35.0. The van der Waals surface area contributed by atoms with Crippen LogP contribution in [0.3, 0.4) is 0 Å². The Kier molecular flexibility index (Phi) is 16.8. The highest BCUT2D eigenvalue weighted by Crippen LogP contribution is 2.48. The van der Waals surface area contributed by atoms with E-state index in [9.17, 15) is 14.3 Å². The molecule has 2 heterocycles. The third-order valence-corrected chi connectivity index (χ3v) is 9.76. The number of hydrogen-bond donors (Lipinski definition) is 0. The fourth-order valence-electron chi connectivity index (χ4n) is 6.40. The Hall–Kier alpha value is -0.500. The number of fused-ring (bicyclic) bond motifs is 2. The van der Waals surface area contributed by atoms with E-state index in [1.165, 1.54) is 84.0 Å². The van der Waals surface area contributed by atoms with Gasteiger partial charge in [0.25, 0.3) is 7.82 Å². The van der Waals surface area contributed by atoms with Gasteiger partial charge in [-0.1, -0.05) is 90.4 Å². The second-order valence-corrected chi connectivity index (χ2v) is 13.7. The van der Waals surface area contributed by atoms with E-state index in [1.54, 1.807) is 0 Å². The summed E-state index contributed by atoms with van der Waals surface area (Å²) in [5.74, 6) is -0.492. The molecule has 2 bridgehead atoms. The summed E-state index contributed by atoms with van der Waals surface area (Å²) in [7, 11) is -0.223. The molecular weight excluding hydrogens is 517 g/mol. The first kappa shape index (κ1) is 34.7. The lowest BCUT2D eigenvalue weighted by Gasteiger charge is -2.46. The zero-order chi connectivity index (χ0) is 28.6. The number of unbranched alkanes of at least 4 members (excludes halogenated alkanes) is 13. The van der Waals surface area contributed by atoms with Gasteiger partial charge in [0.2, 0.25) is 0 Å². The van der Waals surface area contributed by atoms with Crippen LogP contribution in [0.25, 0.3) is 0 Å². The smallest absolute Gasteiger partial charge is 0.303 e. The summed E-state index contributed by atoms with van der Waals surface area (Å²) in [5, 5.41) is 0. The van der Waals surface area contributed by atoms with Crippen LogP contribution in [-0.4, -0.2) is 68.7 Å². The van der Waals surface area contributed by atoms with Gasteiger partial charge in [0.1, 0.15) is 18.2 Å². The van der Waals surface area contributed by atoms with Crippen LogP contribution < -0.4 is 4.89 Å². The van der Waals surface area contributed by atoms with Gasteiger partial charge in [0, 0.05) is 32.8 Å². The van der Waals surface area contributed by atoms with E-state index in [0.717, 1.165) is 43.0 Å². The fraction of sp³-hybridized carbons (Fsp3) is 0.967. The number of phosphoric acid groups is 1. The molecule has 9 heteroatoms. The van der Waals surface area contributed by atoms with Crippen molar-refractivity contribution in [2.75, 3.05) is 33.9 Å². The molecule has 2 saturated heterocycles. The van der Waals surface area contributed by atoms with Gasteiger partial charge in [-0.05, 0) is 12.8 Å². The largest absolute Gasteiger partial charge is 0.756 e. The summed E-state index contributed by atoms with van der Waals surface area (Å²) >= 11 is 0. The molecule has 230 valence electrons. The van der Waals surface area contributed by atoms with Crippen molar-refractivity contribution in [2.24, 2.45) is 0 Å². The molecule has 0 spiro atoms. The van der Waals surface area contributed by atoms with Crippen molar-refractivity contribution in [2.45, 2.75) is 154 Å². The maximum absolute atomic E-state index is 12.6. The van der Waals surface area contributed by atoms with E-state index in [1.807, 2.05) is 0 Å². The van der Waals surface area contributed by atoms with Gasteiger partial charge in [-0.3, -0.25) is 9.36 Å². The average Bonchev–Trinajstić information content (AvgIpc) is 3.02. The van der Waals surface area contributed by atoms with E-state index in [0.29, 0.717) is 12.6 Å². The van der Waals surface area contributed by atoms with Gasteiger partial charge in [0.15, 0.2) is 0 Å². The number of phosphoric ester groups is 1. The SMILES string of the molecule is CCCCCCCCCCCCCCCCOCC(COP(=O)([O-])OC1CCC2CCC1[N+]2(C)C)OC(C)=O. The number of carbonyl (C=O) groups is 1. The van der Waals surface area contributed by atoms with Crippen LogP contribution in [-0.2, 0) is 27.9 Å². The van der Waals surface area contributed by atoms with Crippen LogP contribution in [0.2, 0.25) is 0 Å². The summed E-state index contributed by atoms with van der Waals surface area (Å²) in [6.07, 6.45) is 20.8. The lowest BCUT2D eigenvalue weighted by atomic mass is 9.98. The number of likely N-dealkylation sites (N-methyl/N-ethyl adjacent to an activating group) is 1. The molecule has 0 saturated carbocycles. The van der Waals surface area contributed by atoms with Crippen LogP contribution in [0.1, 0.15) is 129 Å². The molecule has 5 atom stereocenters. The van der Waals surface area contributed by atoms with Crippen LogP contribution in [0, 0.1) is 0 Å². The number of carbonyl (C=O) groups excluding carboxylic acids is 1. The van der Waals surface area contributed by atoms with Crippen molar-refractivity contribution in [3.05, 3.63) is 0 Å². The first-order valence-corrected chi connectivity index (χ1v) is 17.3. The fourth-order valence-corrected chi connectivity index (χ4v) is 7.39. The van der Waals surface area contributed by atoms with Crippen molar-refractivity contribution in [3.63, 3.8) is 0 Å². The Labute approximate surface area is 238 Å². The highest BCUT2D eigenvalue weighted by molar-refractivity contribution is 7.45. The zero-order valence-corrected chi connectivity index (χ0v) is 26.3. The first-order valence-electron chi connectivity index (χ1n) is 15.9. The van der Waals surface area contributed by atoms with Gasteiger partial charge in [-0.15, -0.1) is 0 Å². The second-order valence-electron chi connectivity index (χ2n) is 12.3. The third kappa shape index (κ3) is 13.8. The van der Waals surface area contributed by atoms with E-state index < -0.39 is 19.9 Å². The molecule has 2 rings (SSSR count). The maximum Gasteiger partial charge on any atom is 0.303 e. The minimum atomic E-state index is -4.53. The van der Waals surface area contributed by atoms with E-state index >= 15 is 0 Å². The molecule has 0 radical (unpaired) electrons. The molecule has 0 aliphatic carbocycles. The standard InChI is InChI=1S/C30H58NO7P/c1-5-6-7-8-9-10-11-12-13-14-15-16-17-18-23-35-24-28(37-26(2)32)25-36-39(33,34)38-30-22-20-27-19-21-29(30)31(27,3)4/h27-30H,5-25H2,1-4H3. The first-order chi connectivity index (χ1) is 18.7. The number of nitrogens with zero attached hydrogens (tertiary/aromatic N) is 1. The predicted molar refractivity (Wildman–Crippen MR) is 153 cm³/mol. The number of hydrogen-bond acceptors (Lipinski definition) is 7. The number of esters is 1. The second kappa shape index (κ2) is 18.8. The molecule has 0 aromatic carbocycles. The normalized spacial score (nSPS) is 24.4. The minimum Gasteiger partial charge on any atom is -0.756 e. The van der Waals surface area contributed by atoms with Gasteiger partial charge < -0.3 is 27.9 Å². The monoisotopic (exact) mass is 575 g/mol. The lowest BCUT2D eigenvalue weighted by Crippen LogP contribution is -2.58. The highest BCUT2D eigenvalue weighted by atomic mass is 31.2. The molecule has 0 aromatic rings. The molecule has 5 unspecified atom stereocenters. The molecule has 8 nitrogen and oxygen atoms in total. The Balaban J connectivity index is 1.52. The quantitative estimate of drug-likeness (QED) is 0.0580. The summed E-state index contributed by atoms with van der Waals surface area (Å²) in [6.45, 7) is 3.93. The predicted octanol–water partition coefficient (Wildman–Crippen LogP) is 6.69. The topological polar surface area (TPSA) is 94.1 Å². The summed E-state index contributed by atoms with van der Waals surface area (Å²) in [6, 6.07) is 0.736. The molecule has 0 amide bonds. The van der Waals surface area contributed by atoms with Crippen molar-refractivity contribution >= 4 is 13.8 Å². The van der Waals surface area contributed by atoms with Crippen molar-refractivity contribution < 1.29 is 37.3 Å². The number of quaternary nitrogens is 1. The van der Waals surface area contributed by atoms with E-state index in [4.69, 9.17) is 18.5 Å². The Bertz CT molecular complexity index is 719. The molecule has 0 aromatic heterocycles. The lowest BCUT2D eigenvalue weighted by molar-refractivity contribution is -0.933. The number of rotatable bonds is 23. The van der Waals surface area contributed by atoms with Crippen LogP contribution in [0.4, 0.5) is 0 Å². The van der Waals surface area contributed by atoms with Gasteiger partial charge in [-0.2, -0.15) is 0 Å². The average molecular weight is 576 g/mol. The third-order valence-electron chi connectivity index (χ3n) is 8.77. The maximum atomic E-state index is 12.6. The van der Waals surface area contributed by atoms with Crippen molar-refractivity contribution in [1.29, 1.82) is 0 Å². The Morgan fingerprint density at radius 2 is 1.38 bits per heavy atom. The zero-order valence-electron chi connectivity index (χ0n) is 25.4. The van der Waals surface area contributed by atoms with Gasteiger partial charge >= 0.3 is 5.97 Å². The highest BCUT2D eigenvalue weighted by Gasteiger charge is 2.52. The van der Waals surface area contributed by atoms with Crippen molar-refractivity contribution in [1.82, 2.24) is 0 Å². The minimum absolute atomic E-state index is 0.107. The van der Waals surface area contributed by atoms with Crippen LogP contribution in [0.15, 0.2) is 0 Å². The Morgan fingerprint density at radius 3 is 1.95 bits per heavy atom. The van der Waals surface area contributed by atoms with E-state index in [-0.39, 0.29) is 25.4 Å². The summed E-state index contributed by atoms with van der Waals surface area (Å²) in [4.78, 5) is 24.1. The molecule has 39 heavy (non-hydrogen) atoms. The Morgan fingerprint density at radius 1 is 0.846 bits per heavy atom. The number of piperidine rings is 1. The van der Waals surface area contributed by atoms with Gasteiger partial charge in [0.05, 0.1) is 33.4 Å². The molecule has 0 N–H and O–H groups in total.